The van der Waals surface area contributed by atoms with E-state index in [4.69, 9.17) is 0 Å². The molecule has 0 aromatic rings. The second-order valence-electron chi connectivity index (χ2n) is 3.03. The quantitative estimate of drug-likeness (QED) is 0.371. The van der Waals surface area contributed by atoms with Gasteiger partial charge < -0.3 is 10.1 Å². The van der Waals surface area contributed by atoms with Crippen LogP contribution in [0.15, 0.2) is 0 Å². The van der Waals surface area contributed by atoms with Crippen LogP contribution < -0.4 is 5.32 Å². The smallest absolute Gasteiger partial charge is 0.317 e. The van der Waals surface area contributed by atoms with Gasteiger partial charge in [0.1, 0.15) is 0 Å². The molecular weight excluding hydrogens is 146 g/mol. The molecule has 2 aliphatic rings. The van der Waals surface area contributed by atoms with Gasteiger partial charge >= 0.3 is 11.9 Å². The van der Waals surface area contributed by atoms with Gasteiger partial charge in [0.05, 0.1) is 11.8 Å². The van der Waals surface area contributed by atoms with E-state index in [1.807, 2.05) is 0 Å². The number of ether oxygens (including phenoxy) is 1. The second kappa shape index (κ2) is 2.30. The Morgan fingerprint density at radius 3 is 2.27 bits per heavy atom. The van der Waals surface area contributed by atoms with Crippen molar-refractivity contribution in [3.8, 4) is 0 Å². The maximum absolute atomic E-state index is 10.9. The molecule has 4 nitrogen and oxygen atoms in total. The first kappa shape index (κ1) is 6.79. The molecular formula is C7H9NO3. The van der Waals surface area contributed by atoms with E-state index in [1.165, 1.54) is 0 Å². The summed E-state index contributed by atoms with van der Waals surface area (Å²) in [6, 6.07) is 0. The summed E-state index contributed by atoms with van der Waals surface area (Å²) in [6.45, 7) is 1.31. The van der Waals surface area contributed by atoms with Crippen LogP contribution >= 0.6 is 0 Å². The maximum Gasteiger partial charge on any atom is 0.317 e. The molecule has 0 radical (unpaired) electrons. The first-order valence-electron chi connectivity index (χ1n) is 3.73. The summed E-state index contributed by atoms with van der Waals surface area (Å²) >= 11 is 0. The first-order chi connectivity index (χ1) is 5.27. The Kier molecular flexibility index (Phi) is 1.42. The summed E-state index contributed by atoms with van der Waals surface area (Å²) in [5.74, 6) is -0.908. The molecule has 0 aromatic carbocycles. The number of nitrogens with one attached hydrogen (secondary N) is 1. The molecule has 11 heavy (non-hydrogen) atoms. The molecule has 2 fully saturated rings. The van der Waals surface area contributed by atoms with Gasteiger partial charge in [0.2, 0.25) is 0 Å². The molecule has 60 valence electrons. The zero-order chi connectivity index (χ0) is 7.84. The van der Waals surface area contributed by atoms with Crippen LogP contribution in [-0.2, 0) is 14.3 Å². The molecule has 2 aliphatic heterocycles. The summed E-state index contributed by atoms with van der Waals surface area (Å²) < 4.78 is 4.54. The lowest BCUT2D eigenvalue weighted by molar-refractivity contribution is -0.173. The Hall–Kier alpha value is -0.900. The highest BCUT2D eigenvalue weighted by molar-refractivity contribution is 5.91. The summed E-state index contributed by atoms with van der Waals surface area (Å²) in [6.07, 6.45) is 0.671. The first-order valence-corrected chi connectivity index (χ1v) is 3.73. The number of hydrogen-bond donors (Lipinski definition) is 1. The van der Waals surface area contributed by atoms with Crippen LogP contribution in [0.4, 0.5) is 0 Å². The van der Waals surface area contributed by atoms with Crippen molar-refractivity contribution in [1.29, 1.82) is 0 Å². The van der Waals surface area contributed by atoms with Gasteiger partial charge in [-0.1, -0.05) is 0 Å². The zero-order valence-electron chi connectivity index (χ0n) is 6.00. The highest BCUT2D eigenvalue weighted by atomic mass is 16.6. The molecule has 0 spiro atoms. The third kappa shape index (κ3) is 1.03. The molecule has 2 unspecified atom stereocenters. The van der Waals surface area contributed by atoms with Crippen LogP contribution in [-0.4, -0.2) is 25.0 Å². The predicted molar refractivity (Wildman–Crippen MR) is 35.6 cm³/mol. The number of piperidine rings is 1. The van der Waals surface area contributed by atoms with Gasteiger partial charge in [-0.25, -0.2) is 0 Å². The fraction of sp³-hybridized carbons (Fsp3) is 0.714. The van der Waals surface area contributed by atoms with E-state index >= 15 is 0 Å². The zero-order valence-corrected chi connectivity index (χ0v) is 6.00. The Bertz CT molecular complexity index is 194. The number of fused-ring (bicyclic) bond motifs is 2. The fourth-order valence-corrected chi connectivity index (χ4v) is 1.57. The number of esters is 2. The van der Waals surface area contributed by atoms with Crippen molar-refractivity contribution in [2.45, 2.75) is 6.42 Å². The third-order valence-corrected chi connectivity index (χ3v) is 2.22. The van der Waals surface area contributed by atoms with E-state index < -0.39 is 0 Å². The molecule has 2 heterocycles. The lowest BCUT2D eigenvalue weighted by Crippen LogP contribution is -2.48. The molecule has 2 atom stereocenters. The third-order valence-electron chi connectivity index (χ3n) is 2.22. The van der Waals surface area contributed by atoms with Crippen LogP contribution in [0.3, 0.4) is 0 Å². The summed E-state index contributed by atoms with van der Waals surface area (Å²) in [4.78, 5) is 21.9. The lowest BCUT2D eigenvalue weighted by Gasteiger charge is -2.31. The van der Waals surface area contributed by atoms with Crippen molar-refractivity contribution in [3.05, 3.63) is 0 Å². The average Bonchev–Trinajstić information content (AvgIpc) is 2.02. The second-order valence-corrected chi connectivity index (χ2v) is 3.03. The predicted octanol–water partition coefficient (Wildman–Crippen LogP) is -0.705. The highest BCUT2D eigenvalue weighted by Gasteiger charge is 2.39. The Balaban J connectivity index is 2.17. The molecule has 0 aromatic heterocycles. The summed E-state index contributed by atoms with van der Waals surface area (Å²) in [5, 5.41) is 3.03. The van der Waals surface area contributed by atoms with Gasteiger partial charge in [-0.15, -0.1) is 0 Å². The van der Waals surface area contributed by atoms with Crippen molar-refractivity contribution < 1.29 is 14.3 Å². The largest absolute Gasteiger partial charge is 0.393 e. The molecule has 2 saturated heterocycles. The number of carbonyl (C=O) groups excluding carboxylic acids is 2. The minimum Gasteiger partial charge on any atom is -0.393 e. The molecule has 0 aliphatic carbocycles. The number of rotatable bonds is 0. The Labute approximate surface area is 63.9 Å². The van der Waals surface area contributed by atoms with E-state index in [1.54, 1.807) is 0 Å². The molecule has 2 rings (SSSR count). The SMILES string of the molecule is O=C1OC(=O)C2CNCC1C2. The summed E-state index contributed by atoms with van der Waals surface area (Å²) in [5.41, 5.74) is 0. The van der Waals surface area contributed by atoms with Gasteiger partial charge in [0.15, 0.2) is 0 Å². The maximum atomic E-state index is 10.9. The fourth-order valence-electron chi connectivity index (χ4n) is 1.57. The van der Waals surface area contributed by atoms with E-state index in [2.05, 4.69) is 10.1 Å². The van der Waals surface area contributed by atoms with Gasteiger partial charge in [0.25, 0.3) is 0 Å². The number of carbonyl (C=O) groups is 2. The van der Waals surface area contributed by atoms with Gasteiger partial charge in [-0.3, -0.25) is 9.59 Å². The van der Waals surface area contributed by atoms with Crippen molar-refractivity contribution in [2.24, 2.45) is 11.8 Å². The van der Waals surface area contributed by atoms with Crippen molar-refractivity contribution >= 4 is 11.9 Å². The number of cyclic esters (lactones) is 2. The van der Waals surface area contributed by atoms with E-state index in [-0.39, 0.29) is 23.8 Å². The highest BCUT2D eigenvalue weighted by Crippen LogP contribution is 2.24. The monoisotopic (exact) mass is 155 g/mol. The minimum absolute atomic E-state index is 0.0913. The van der Waals surface area contributed by atoms with Crippen LogP contribution in [0.5, 0.6) is 0 Å². The van der Waals surface area contributed by atoms with Crippen molar-refractivity contribution in [2.75, 3.05) is 13.1 Å². The molecule has 4 heteroatoms. The van der Waals surface area contributed by atoms with E-state index in [0.717, 1.165) is 0 Å². The van der Waals surface area contributed by atoms with E-state index in [0.29, 0.717) is 19.5 Å². The molecule has 0 amide bonds. The van der Waals surface area contributed by atoms with Crippen molar-refractivity contribution in [1.82, 2.24) is 5.32 Å². The van der Waals surface area contributed by atoms with Crippen LogP contribution in [0, 0.1) is 11.8 Å². The standard InChI is InChI=1S/C7H9NO3/c9-6-4-1-5(3-8-2-4)7(10)11-6/h4-5,8H,1-3H2. The van der Waals surface area contributed by atoms with Gasteiger partial charge in [-0.2, -0.15) is 0 Å². The average molecular weight is 155 g/mol. The van der Waals surface area contributed by atoms with Crippen LogP contribution in [0.1, 0.15) is 6.42 Å². The normalized spacial score (nSPS) is 36.7. The molecule has 0 saturated carbocycles. The van der Waals surface area contributed by atoms with Gasteiger partial charge in [0, 0.05) is 13.1 Å². The Morgan fingerprint density at radius 2 is 1.73 bits per heavy atom. The Morgan fingerprint density at radius 1 is 1.18 bits per heavy atom. The van der Waals surface area contributed by atoms with Crippen LogP contribution in [0.25, 0.3) is 0 Å². The van der Waals surface area contributed by atoms with Crippen LogP contribution in [0.2, 0.25) is 0 Å². The van der Waals surface area contributed by atoms with E-state index in [9.17, 15) is 9.59 Å². The number of hydrogen-bond acceptors (Lipinski definition) is 4. The topological polar surface area (TPSA) is 55.4 Å². The molecule has 2 bridgehead atoms. The van der Waals surface area contributed by atoms with Crippen molar-refractivity contribution in [3.63, 3.8) is 0 Å². The lowest BCUT2D eigenvalue weighted by atomic mass is 9.88. The molecule has 1 N–H and O–H groups in total. The van der Waals surface area contributed by atoms with Gasteiger partial charge in [-0.05, 0) is 6.42 Å². The summed E-state index contributed by atoms with van der Waals surface area (Å²) in [7, 11) is 0. The minimum atomic E-state index is -0.363.